The van der Waals surface area contributed by atoms with E-state index < -0.39 is 23.5 Å². The number of nitrogens with one attached hydrogen (secondary N) is 1. The Morgan fingerprint density at radius 3 is 2.32 bits per heavy atom. The van der Waals surface area contributed by atoms with Crippen molar-refractivity contribution < 1.29 is 13.2 Å². The van der Waals surface area contributed by atoms with Gasteiger partial charge in [0.15, 0.2) is 17.5 Å². The second-order valence-electron chi connectivity index (χ2n) is 4.39. The molecule has 0 fully saturated rings. The summed E-state index contributed by atoms with van der Waals surface area (Å²) in [5, 5.41) is 2.96. The Kier molecular flexibility index (Phi) is 3.96. The number of hydrogen-bond donors (Lipinski definition) is 1. The van der Waals surface area contributed by atoms with Crippen LogP contribution in [0.25, 0.3) is 0 Å². The second kappa shape index (κ2) is 5.35. The molecule has 0 amide bonds. The van der Waals surface area contributed by atoms with Gasteiger partial charge in [0.25, 0.3) is 0 Å². The van der Waals surface area contributed by atoms with Gasteiger partial charge in [-0.25, -0.2) is 13.2 Å². The van der Waals surface area contributed by atoms with E-state index in [0.29, 0.717) is 0 Å². The molecule has 0 spiro atoms. The summed E-state index contributed by atoms with van der Waals surface area (Å²) in [7, 11) is 1.67. The van der Waals surface area contributed by atoms with Crippen molar-refractivity contribution in [2.24, 2.45) is 0 Å². The Morgan fingerprint density at radius 2 is 1.79 bits per heavy atom. The third-order valence-electron chi connectivity index (χ3n) is 3.01. The number of aryl methyl sites for hydroxylation is 2. The van der Waals surface area contributed by atoms with Crippen molar-refractivity contribution in [2.75, 3.05) is 7.05 Å². The van der Waals surface area contributed by atoms with Crippen LogP contribution in [0.15, 0.2) is 18.2 Å². The molecule has 1 atom stereocenters. The van der Waals surface area contributed by atoms with Gasteiger partial charge < -0.3 is 5.32 Å². The molecule has 2 rings (SSSR count). The Morgan fingerprint density at radius 1 is 1.11 bits per heavy atom. The van der Waals surface area contributed by atoms with Crippen molar-refractivity contribution in [1.29, 1.82) is 0 Å². The van der Waals surface area contributed by atoms with Crippen molar-refractivity contribution in [2.45, 2.75) is 19.9 Å². The average Bonchev–Trinajstić information content (AvgIpc) is 2.69. The molecule has 0 saturated carbocycles. The van der Waals surface area contributed by atoms with Crippen molar-refractivity contribution in [3.63, 3.8) is 0 Å². The molecule has 2 aromatic rings. The molecule has 1 heterocycles. The van der Waals surface area contributed by atoms with Gasteiger partial charge in [-0.2, -0.15) is 0 Å². The summed E-state index contributed by atoms with van der Waals surface area (Å²) in [5.41, 5.74) is 1.12. The largest absolute Gasteiger partial charge is 0.309 e. The van der Waals surface area contributed by atoms with E-state index in [1.165, 1.54) is 17.4 Å². The van der Waals surface area contributed by atoms with E-state index in [-0.39, 0.29) is 5.56 Å². The first-order chi connectivity index (χ1) is 8.95. The van der Waals surface area contributed by atoms with E-state index in [9.17, 15) is 13.2 Å². The molecular weight excluding hydrogens is 271 g/mol. The topological polar surface area (TPSA) is 12.0 Å². The number of hydrogen-bond acceptors (Lipinski definition) is 2. The Balaban J connectivity index is 2.54. The van der Waals surface area contributed by atoms with Crippen LogP contribution in [-0.2, 0) is 0 Å². The minimum atomic E-state index is -1.43. The molecule has 0 aliphatic rings. The molecule has 1 unspecified atom stereocenters. The van der Waals surface area contributed by atoms with Crippen molar-refractivity contribution in [3.05, 3.63) is 56.5 Å². The van der Waals surface area contributed by atoms with Gasteiger partial charge in [-0.15, -0.1) is 11.3 Å². The molecule has 0 aliphatic heterocycles. The van der Waals surface area contributed by atoms with E-state index >= 15 is 0 Å². The quantitative estimate of drug-likeness (QED) is 0.838. The molecule has 19 heavy (non-hydrogen) atoms. The summed E-state index contributed by atoms with van der Waals surface area (Å²) < 4.78 is 40.2. The summed E-state index contributed by atoms with van der Waals surface area (Å²) in [6.45, 7) is 3.87. The van der Waals surface area contributed by atoms with Crippen LogP contribution in [-0.4, -0.2) is 7.05 Å². The zero-order valence-electron chi connectivity index (χ0n) is 10.9. The van der Waals surface area contributed by atoms with Gasteiger partial charge in [0.05, 0.1) is 6.04 Å². The van der Waals surface area contributed by atoms with Gasteiger partial charge in [0.2, 0.25) is 0 Å². The lowest BCUT2D eigenvalue weighted by atomic mass is 10.0. The summed E-state index contributed by atoms with van der Waals surface area (Å²) in [6, 6.07) is 3.74. The van der Waals surface area contributed by atoms with Crippen molar-refractivity contribution in [3.8, 4) is 0 Å². The third-order valence-corrected chi connectivity index (χ3v) is 4.22. The molecule has 1 nitrogen and oxygen atoms in total. The minimum absolute atomic E-state index is 0.117. The molecule has 0 radical (unpaired) electrons. The van der Waals surface area contributed by atoms with Crippen LogP contribution in [0.4, 0.5) is 13.2 Å². The standard InChI is InChI=1S/C14H14F3NS/c1-7-6-8(2)19-14(7)13(18-3)9-4-5-10(15)12(17)11(9)16/h4-6,13,18H,1-3H3. The predicted octanol–water partition coefficient (Wildman–Crippen LogP) is 4.09. The smallest absolute Gasteiger partial charge is 0.194 e. The lowest BCUT2D eigenvalue weighted by Gasteiger charge is -2.17. The van der Waals surface area contributed by atoms with Gasteiger partial charge in [0.1, 0.15) is 0 Å². The minimum Gasteiger partial charge on any atom is -0.309 e. The van der Waals surface area contributed by atoms with Crippen molar-refractivity contribution in [1.82, 2.24) is 5.32 Å². The number of halogens is 3. The fourth-order valence-corrected chi connectivity index (χ4v) is 3.30. The molecule has 1 N–H and O–H groups in total. The molecule has 0 aliphatic carbocycles. The number of thiophene rings is 1. The summed E-state index contributed by atoms with van der Waals surface area (Å²) in [4.78, 5) is 2.00. The summed E-state index contributed by atoms with van der Waals surface area (Å²) in [5.74, 6) is -3.73. The van der Waals surface area contributed by atoms with Crippen LogP contribution in [0.5, 0.6) is 0 Å². The first-order valence-electron chi connectivity index (χ1n) is 5.83. The highest BCUT2D eigenvalue weighted by atomic mass is 32.1. The molecular formula is C14H14F3NS. The van der Waals surface area contributed by atoms with E-state index in [0.717, 1.165) is 21.4 Å². The first-order valence-corrected chi connectivity index (χ1v) is 6.65. The van der Waals surface area contributed by atoms with Crippen LogP contribution in [0.1, 0.15) is 26.9 Å². The zero-order valence-corrected chi connectivity index (χ0v) is 11.7. The fraction of sp³-hybridized carbons (Fsp3) is 0.286. The van der Waals surface area contributed by atoms with Crippen LogP contribution in [0.3, 0.4) is 0 Å². The van der Waals surface area contributed by atoms with Gasteiger partial charge in [-0.05, 0) is 38.6 Å². The van der Waals surface area contributed by atoms with Gasteiger partial charge in [0, 0.05) is 15.3 Å². The predicted molar refractivity (Wildman–Crippen MR) is 71.0 cm³/mol. The molecule has 1 aromatic carbocycles. The maximum atomic E-state index is 13.9. The Bertz CT molecular complexity index is 607. The second-order valence-corrected chi connectivity index (χ2v) is 5.68. The van der Waals surface area contributed by atoms with E-state index in [1.54, 1.807) is 7.05 Å². The highest BCUT2D eigenvalue weighted by Crippen LogP contribution is 2.33. The zero-order chi connectivity index (χ0) is 14.2. The molecule has 0 bridgehead atoms. The lowest BCUT2D eigenvalue weighted by Crippen LogP contribution is -2.19. The normalized spacial score (nSPS) is 12.7. The SMILES string of the molecule is CNC(c1ccc(F)c(F)c1F)c1sc(C)cc1C. The Hall–Kier alpha value is -1.33. The Labute approximate surface area is 114 Å². The third kappa shape index (κ3) is 2.53. The van der Waals surface area contributed by atoms with E-state index in [4.69, 9.17) is 0 Å². The van der Waals surface area contributed by atoms with E-state index in [1.807, 2.05) is 19.9 Å². The fourth-order valence-electron chi connectivity index (χ4n) is 2.14. The number of benzene rings is 1. The molecule has 5 heteroatoms. The summed E-state index contributed by atoms with van der Waals surface area (Å²) in [6.07, 6.45) is 0. The van der Waals surface area contributed by atoms with Gasteiger partial charge in [-0.3, -0.25) is 0 Å². The van der Waals surface area contributed by atoms with Crippen LogP contribution in [0.2, 0.25) is 0 Å². The van der Waals surface area contributed by atoms with Crippen LogP contribution in [0, 0.1) is 31.3 Å². The highest BCUT2D eigenvalue weighted by Gasteiger charge is 2.23. The lowest BCUT2D eigenvalue weighted by molar-refractivity contribution is 0.435. The van der Waals surface area contributed by atoms with Gasteiger partial charge >= 0.3 is 0 Å². The number of rotatable bonds is 3. The maximum Gasteiger partial charge on any atom is 0.194 e. The molecule has 0 saturated heterocycles. The highest BCUT2D eigenvalue weighted by molar-refractivity contribution is 7.12. The summed E-state index contributed by atoms with van der Waals surface area (Å²) >= 11 is 1.52. The average molecular weight is 285 g/mol. The van der Waals surface area contributed by atoms with Crippen molar-refractivity contribution >= 4 is 11.3 Å². The monoisotopic (exact) mass is 285 g/mol. The van der Waals surface area contributed by atoms with Gasteiger partial charge in [-0.1, -0.05) is 6.07 Å². The molecule has 1 aromatic heterocycles. The van der Waals surface area contributed by atoms with Crippen LogP contribution >= 0.6 is 11.3 Å². The van der Waals surface area contributed by atoms with Crippen LogP contribution < -0.4 is 5.32 Å². The molecule has 102 valence electrons. The maximum absolute atomic E-state index is 13.9. The first kappa shape index (κ1) is 14.1. The van der Waals surface area contributed by atoms with E-state index in [2.05, 4.69) is 5.32 Å².